The summed E-state index contributed by atoms with van der Waals surface area (Å²) in [5, 5.41) is 3.10. The van der Waals surface area contributed by atoms with E-state index in [1.807, 2.05) is 0 Å². The summed E-state index contributed by atoms with van der Waals surface area (Å²) in [5.41, 5.74) is 1.20. The number of hydrogen-bond acceptors (Lipinski definition) is 5. The van der Waals surface area contributed by atoms with Crippen LogP contribution in [0.1, 0.15) is 19.8 Å². The highest BCUT2D eigenvalue weighted by Gasteiger charge is 2.16. The number of methoxy groups -OCH3 is 1. The third-order valence-electron chi connectivity index (χ3n) is 2.35. The fourth-order valence-corrected chi connectivity index (χ4v) is 1.57. The van der Waals surface area contributed by atoms with Crippen molar-refractivity contribution >= 4 is 11.9 Å². The van der Waals surface area contributed by atoms with E-state index in [-0.39, 0.29) is 0 Å². The van der Waals surface area contributed by atoms with Crippen LogP contribution in [0.5, 0.6) is 0 Å². The highest BCUT2D eigenvalue weighted by molar-refractivity contribution is 5.94. The maximum Gasteiger partial charge on any atom is 0.339 e. The molecule has 1 heterocycles. The lowest BCUT2D eigenvalue weighted by atomic mass is 10.1. The Bertz CT molecular complexity index is 350. The van der Waals surface area contributed by atoms with Crippen LogP contribution in [0.4, 0.5) is 0 Å². The molecule has 0 aromatic rings. The minimum Gasteiger partial charge on any atom is -0.465 e. The van der Waals surface area contributed by atoms with E-state index in [0.717, 1.165) is 25.1 Å². The molecule has 94 valence electrons. The van der Waals surface area contributed by atoms with Gasteiger partial charge in [0.05, 0.1) is 19.3 Å². The van der Waals surface area contributed by atoms with Crippen molar-refractivity contribution in [1.82, 2.24) is 5.32 Å². The van der Waals surface area contributed by atoms with Gasteiger partial charge >= 0.3 is 11.9 Å². The SMILES string of the molecule is CCOC(=O)C=CC(C(=O)OC)=C1CCCN1. The Morgan fingerprint density at radius 1 is 1.41 bits per heavy atom. The molecule has 1 fully saturated rings. The summed E-state index contributed by atoms with van der Waals surface area (Å²) in [6, 6.07) is 0. The quantitative estimate of drug-likeness (QED) is 0.583. The van der Waals surface area contributed by atoms with Crippen molar-refractivity contribution in [2.75, 3.05) is 20.3 Å². The van der Waals surface area contributed by atoms with Gasteiger partial charge in [-0.3, -0.25) is 0 Å². The summed E-state index contributed by atoms with van der Waals surface area (Å²) in [4.78, 5) is 22.7. The number of carbonyl (C=O) groups excluding carboxylic acids is 2. The number of carbonyl (C=O) groups is 2. The monoisotopic (exact) mass is 239 g/mol. The average Bonchev–Trinajstić information content (AvgIpc) is 2.83. The zero-order chi connectivity index (χ0) is 12.7. The van der Waals surface area contributed by atoms with Gasteiger partial charge in [-0.2, -0.15) is 0 Å². The van der Waals surface area contributed by atoms with Crippen molar-refractivity contribution in [3.05, 3.63) is 23.4 Å². The number of rotatable bonds is 4. The molecule has 5 heteroatoms. The standard InChI is InChI=1S/C12H17NO4/c1-3-17-11(14)7-6-9(12(15)16-2)10-5-4-8-13-10/h6-7,13H,3-5,8H2,1-2H3. The maximum atomic E-state index is 11.5. The molecule has 0 spiro atoms. The van der Waals surface area contributed by atoms with E-state index in [0.29, 0.717) is 12.2 Å². The number of ether oxygens (including phenoxy) is 2. The molecule has 0 unspecified atom stereocenters. The molecule has 0 bridgehead atoms. The fraction of sp³-hybridized carbons (Fsp3) is 0.500. The number of hydrogen-bond donors (Lipinski definition) is 1. The van der Waals surface area contributed by atoms with Gasteiger partial charge in [-0.05, 0) is 25.8 Å². The number of allylic oxidation sites excluding steroid dienone is 1. The van der Waals surface area contributed by atoms with Gasteiger partial charge in [-0.25, -0.2) is 9.59 Å². The van der Waals surface area contributed by atoms with Gasteiger partial charge in [0.2, 0.25) is 0 Å². The molecule has 5 nitrogen and oxygen atoms in total. The maximum absolute atomic E-state index is 11.5. The molecule has 0 saturated carbocycles. The molecule has 1 N–H and O–H groups in total. The third-order valence-corrected chi connectivity index (χ3v) is 2.35. The summed E-state index contributed by atoms with van der Waals surface area (Å²) in [6.07, 6.45) is 4.45. The van der Waals surface area contributed by atoms with E-state index < -0.39 is 11.9 Å². The lowest BCUT2D eigenvalue weighted by Gasteiger charge is -2.05. The fourth-order valence-electron chi connectivity index (χ4n) is 1.57. The molecule has 17 heavy (non-hydrogen) atoms. The first-order chi connectivity index (χ1) is 8.19. The molecule has 0 aliphatic carbocycles. The van der Waals surface area contributed by atoms with Crippen molar-refractivity contribution in [2.24, 2.45) is 0 Å². The van der Waals surface area contributed by atoms with Gasteiger partial charge in [-0.1, -0.05) is 0 Å². The van der Waals surface area contributed by atoms with Crippen molar-refractivity contribution in [3.8, 4) is 0 Å². The van der Waals surface area contributed by atoms with Crippen molar-refractivity contribution < 1.29 is 19.1 Å². The zero-order valence-electron chi connectivity index (χ0n) is 10.1. The van der Waals surface area contributed by atoms with E-state index in [9.17, 15) is 9.59 Å². The molecule has 0 amide bonds. The van der Waals surface area contributed by atoms with Crippen LogP contribution in [0, 0.1) is 0 Å². The second kappa shape index (κ2) is 6.73. The normalized spacial score (nSPS) is 17.8. The van der Waals surface area contributed by atoms with E-state index in [1.54, 1.807) is 6.92 Å². The van der Waals surface area contributed by atoms with E-state index in [4.69, 9.17) is 4.74 Å². The molecule has 0 atom stereocenters. The lowest BCUT2D eigenvalue weighted by molar-refractivity contribution is -0.137. The van der Waals surface area contributed by atoms with E-state index >= 15 is 0 Å². The summed E-state index contributed by atoms with van der Waals surface area (Å²) in [7, 11) is 1.32. The van der Waals surface area contributed by atoms with Crippen molar-refractivity contribution in [2.45, 2.75) is 19.8 Å². The third kappa shape index (κ3) is 3.94. The Labute approximate surface area is 100 Å². The molecule has 0 aromatic heterocycles. The summed E-state index contributed by atoms with van der Waals surface area (Å²) in [6.45, 7) is 2.87. The van der Waals surface area contributed by atoms with Crippen LogP contribution < -0.4 is 5.32 Å². The largest absolute Gasteiger partial charge is 0.465 e. The predicted octanol–water partition coefficient (Wildman–Crippen LogP) is 0.916. The zero-order valence-corrected chi connectivity index (χ0v) is 10.1. The minimum atomic E-state index is -0.465. The number of esters is 2. The van der Waals surface area contributed by atoms with Crippen molar-refractivity contribution in [1.29, 1.82) is 0 Å². The van der Waals surface area contributed by atoms with Crippen LogP contribution in [0.15, 0.2) is 23.4 Å². The molecule has 1 aliphatic rings. The molecule has 0 aromatic carbocycles. The topological polar surface area (TPSA) is 64.6 Å². The van der Waals surface area contributed by atoms with Gasteiger partial charge in [-0.15, -0.1) is 0 Å². The van der Waals surface area contributed by atoms with Crippen molar-refractivity contribution in [3.63, 3.8) is 0 Å². The second-order valence-corrected chi connectivity index (χ2v) is 3.50. The molecule has 1 rings (SSSR count). The molecule has 0 radical (unpaired) electrons. The average molecular weight is 239 g/mol. The highest BCUT2D eigenvalue weighted by atomic mass is 16.5. The van der Waals surface area contributed by atoms with Gasteiger partial charge in [0, 0.05) is 18.3 Å². The molecule has 1 saturated heterocycles. The Morgan fingerprint density at radius 3 is 2.71 bits per heavy atom. The summed E-state index contributed by atoms with van der Waals surface area (Å²) < 4.78 is 9.42. The van der Waals surface area contributed by atoms with Crippen LogP contribution in [0.25, 0.3) is 0 Å². The highest BCUT2D eigenvalue weighted by Crippen LogP contribution is 2.16. The van der Waals surface area contributed by atoms with Gasteiger partial charge in [0.15, 0.2) is 0 Å². The van der Waals surface area contributed by atoms with Crippen LogP contribution in [0.3, 0.4) is 0 Å². The molecule has 1 aliphatic heterocycles. The molecular weight excluding hydrogens is 222 g/mol. The minimum absolute atomic E-state index is 0.311. The van der Waals surface area contributed by atoms with E-state index in [1.165, 1.54) is 19.3 Å². The van der Waals surface area contributed by atoms with Crippen LogP contribution in [-0.4, -0.2) is 32.2 Å². The van der Waals surface area contributed by atoms with Crippen LogP contribution in [-0.2, 0) is 19.1 Å². The Kier molecular flexibility index (Phi) is 5.26. The first-order valence-electron chi connectivity index (χ1n) is 5.59. The Morgan fingerprint density at radius 2 is 2.18 bits per heavy atom. The van der Waals surface area contributed by atoms with Gasteiger partial charge in [0.25, 0.3) is 0 Å². The van der Waals surface area contributed by atoms with Crippen LogP contribution >= 0.6 is 0 Å². The Hall–Kier alpha value is -1.78. The first-order valence-corrected chi connectivity index (χ1v) is 5.59. The summed E-state index contributed by atoms with van der Waals surface area (Å²) in [5.74, 6) is -0.914. The van der Waals surface area contributed by atoms with Gasteiger partial charge in [0.1, 0.15) is 0 Å². The lowest BCUT2D eigenvalue weighted by Crippen LogP contribution is -2.13. The smallest absolute Gasteiger partial charge is 0.339 e. The first kappa shape index (κ1) is 13.3. The summed E-state index contributed by atoms with van der Waals surface area (Å²) >= 11 is 0. The van der Waals surface area contributed by atoms with Gasteiger partial charge < -0.3 is 14.8 Å². The number of nitrogens with one attached hydrogen (secondary N) is 1. The Balaban J connectivity index is 2.81. The van der Waals surface area contributed by atoms with Crippen LogP contribution in [0.2, 0.25) is 0 Å². The molecular formula is C12H17NO4. The second-order valence-electron chi connectivity index (χ2n) is 3.50. The van der Waals surface area contributed by atoms with E-state index in [2.05, 4.69) is 10.1 Å². The predicted molar refractivity (Wildman–Crippen MR) is 62.1 cm³/mol.